The van der Waals surface area contributed by atoms with Gasteiger partial charge in [0, 0.05) is 29.6 Å². The number of benzene rings is 4. The highest BCUT2D eigenvalue weighted by Gasteiger charge is 2.35. The zero-order valence-corrected chi connectivity index (χ0v) is 27.0. The summed E-state index contributed by atoms with van der Waals surface area (Å²) in [5.74, 6) is -1.53. The van der Waals surface area contributed by atoms with Crippen LogP contribution < -0.4 is 9.62 Å². The largest absolute Gasteiger partial charge is 0.352 e. The zero-order chi connectivity index (χ0) is 32.5. The molecule has 0 spiro atoms. The van der Waals surface area contributed by atoms with Crippen molar-refractivity contribution >= 4 is 39.1 Å². The van der Waals surface area contributed by atoms with Crippen molar-refractivity contribution in [1.29, 1.82) is 0 Å². The number of amides is 2. The van der Waals surface area contributed by atoms with Crippen LogP contribution in [0.1, 0.15) is 43.2 Å². The van der Waals surface area contributed by atoms with E-state index in [1.54, 1.807) is 48.5 Å². The first kappa shape index (κ1) is 33.2. The van der Waals surface area contributed by atoms with E-state index in [1.165, 1.54) is 35.2 Å². The molecule has 1 unspecified atom stereocenters. The van der Waals surface area contributed by atoms with Crippen molar-refractivity contribution in [2.75, 3.05) is 10.8 Å². The molecular weight excluding hydrogens is 625 g/mol. The van der Waals surface area contributed by atoms with Crippen LogP contribution >= 0.6 is 11.6 Å². The van der Waals surface area contributed by atoms with Crippen LogP contribution in [0.5, 0.6) is 0 Å². The predicted molar refractivity (Wildman–Crippen MR) is 178 cm³/mol. The Kier molecular flexibility index (Phi) is 11.1. The maximum Gasteiger partial charge on any atom is 0.264 e. The number of nitrogens with one attached hydrogen (secondary N) is 1. The molecule has 240 valence electrons. The van der Waals surface area contributed by atoms with Crippen molar-refractivity contribution in [3.05, 3.63) is 131 Å². The Labute approximate surface area is 275 Å². The Balaban J connectivity index is 1.55. The van der Waals surface area contributed by atoms with Gasteiger partial charge in [-0.3, -0.25) is 13.9 Å². The number of hydrogen-bond donors (Lipinski definition) is 1. The first-order valence-electron chi connectivity index (χ1n) is 15.4. The van der Waals surface area contributed by atoms with E-state index in [0.29, 0.717) is 5.02 Å². The lowest BCUT2D eigenvalue weighted by molar-refractivity contribution is -0.140. The lowest BCUT2D eigenvalue weighted by atomic mass is 9.94. The third-order valence-corrected chi connectivity index (χ3v) is 10.3. The van der Waals surface area contributed by atoms with E-state index < -0.39 is 34.3 Å². The molecule has 1 N–H and O–H groups in total. The molecule has 5 rings (SSSR count). The second-order valence-electron chi connectivity index (χ2n) is 11.5. The van der Waals surface area contributed by atoms with E-state index >= 15 is 4.39 Å². The molecule has 1 aliphatic carbocycles. The molecule has 1 fully saturated rings. The van der Waals surface area contributed by atoms with E-state index in [9.17, 15) is 18.0 Å². The minimum absolute atomic E-state index is 0.0314. The molecule has 0 saturated heterocycles. The van der Waals surface area contributed by atoms with Crippen molar-refractivity contribution in [1.82, 2.24) is 10.2 Å². The fourth-order valence-corrected chi connectivity index (χ4v) is 7.31. The first-order valence-corrected chi connectivity index (χ1v) is 17.2. The van der Waals surface area contributed by atoms with Crippen LogP contribution in [-0.4, -0.2) is 43.8 Å². The van der Waals surface area contributed by atoms with Crippen LogP contribution in [0.2, 0.25) is 5.02 Å². The highest BCUT2D eigenvalue weighted by molar-refractivity contribution is 7.92. The van der Waals surface area contributed by atoms with Gasteiger partial charge < -0.3 is 10.2 Å². The number of halogens is 2. The summed E-state index contributed by atoms with van der Waals surface area (Å²) in [6.45, 7) is -0.851. The summed E-state index contributed by atoms with van der Waals surface area (Å²) in [6.07, 6.45) is 4.95. The zero-order valence-electron chi connectivity index (χ0n) is 25.4. The monoisotopic (exact) mass is 661 g/mol. The van der Waals surface area contributed by atoms with Crippen LogP contribution in [0.3, 0.4) is 0 Å². The van der Waals surface area contributed by atoms with Gasteiger partial charge in [0.05, 0.1) is 10.6 Å². The molecule has 1 atom stereocenters. The van der Waals surface area contributed by atoms with E-state index in [1.807, 2.05) is 30.3 Å². The standard InChI is InChI=1S/C36H37ClFN3O4S/c37-29-20-22-32(23-21-29)46(44,45)41(31-17-8-3-9-18-31)26-35(42)40(25-28-14-10-11-19-33(28)38)34(24-27-12-4-1-5-13-27)36(43)39-30-15-6-2-7-16-30/h1,3-5,8-14,17-23,30,34H,2,6-7,15-16,24-26H2,(H,39,43). The molecule has 2 amide bonds. The van der Waals surface area contributed by atoms with Crippen LogP contribution in [0.25, 0.3) is 0 Å². The third-order valence-electron chi connectivity index (χ3n) is 8.25. The van der Waals surface area contributed by atoms with Gasteiger partial charge in [-0.05, 0) is 60.9 Å². The Hall–Kier alpha value is -4.21. The number of nitrogens with zero attached hydrogens (tertiary/aromatic N) is 2. The lowest BCUT2D eigenvalue weighted by Gasteiger charge is -2.35. The molecule has 4 aromatic rings. The highest BCUT2D eigenvalue weighted by atomic mass is 35.5. The van der Waals surface area contributed by atoms with Crippen molar-refractivity contribution < 1.29 is 22.4 Å². The predicted octanol–water partition coefficient (Wildman–Crippen LogP) is 6.76. The average Bonchev–Trinajstić information content (AvgIpc) is 3.07. The number of carbonyl (C=O) groups is 2. The Morgan fingerprint density at radius 1 is 0.826 bits per heavy atom. The SMILES string of the molecule is O=C(NC1CCCCC1)C(Cc1ccccc1)N(Cc1ccccc1F)C(=O)CN(c1ccccc1)S(=O)(=O)c1ccc(Cl)cc1. The van der Waals surface area contributed by atoms with Crippen molar-refractivity contribution in [2.45, 2.75) is 62.0 Å². The minimum atomic E-state index is -4.26. The lowest BCUT2D eigenvalue weighted by Crippen LogP contribution is -2.55. The van der Waals surface area contributed by atoms with Gasteiger partial charge in [-0.2, -0.15) is 0 Å². The summed E-state index contributed by atoms with van der Waals surface area (Å²) < 4.78 is 44.2. The molecule has 1 aliphatic rings. The molecule has 0 aliphatic heterocycles. The normalized spacial score (nSPS) is 14.3. The van der Waals surface area contributed by atoms with Crippen LogP contribution in [0.4, 0.5) is 10.1 Å². The number of anilines is 1. The Morgan fingerprint density at radius 2 is 1.43 bits per heavy atom. The van der Waals surface area contributed by atoms with Gasteiger partial charge in [-0.25, -0.2) is 12.8 Å². The van der Waals surface area contributed by atoms with Gasteiger partial charge in [0.25, 0.3) is 10.0 Å². The molecule has 0 aromatic heterocycles. The highest BCUT2D eigenvalue weighted by Crippen LogP contribution is 2.26. The number of carbonyl (C=O) groups excluding carboxylic acids is 2. The summed E-state index contributed by atoms with van der Waals surface area (Å²) in [5.41, 5.74) is 1.29. The maximum atomic E-state index is 15.1. The number of rotatable bonds is 12. The first-order chi connectivity index (χ1) is 22.2. The van der Waals surface area contributed by atoms with Gasteiger partial charge >= 0.3 is 0 Å². The summed E-state index contributed by atoms with van der Waals surface area (Å²) in [5, 5.41) is 3.52. The number of hydrogen-bond acceptors (Lipinski definition) is 4. The van der Waals surface area contributed by atoms with Crippen molar-refractivity contribution in [3.63, 3.8) is 0 Å². The molecular formula is C36H37ClFN3O4S. The molecule has 0 heterocycles. The van der Waals surface area contributed by atoms with Crippen molar-refractivity contribution in [2.24, 2.45) is 0 Å². The van der Waals surface area contributed by atoms with Gasteiger partial charge in [-0.1, -0.05) is 97.6 Å². The van der Waals surface area contributed by atoms with Gasteiger partial charge in [0.2, 0.25) is 11.8 Å². The number of para-hydroxylation sites is 1. The van der Waals surface area contributed by atoms with Crippen LogP contribution in [-0.2, 0) is 32.6 Å². The van der Waals surface area contributed by atoms with Crippen molar-refractivity contribution in [3.8, 4) is 0 Å². The summed E-state index contributed by atoms with van der Waals surface area (Å²) in [7, 11) is -4.26. The molecule has 0 bridgehead atoms. The van der Waals surface area contributed by atoms with Crippen LogP contribution in [0.15, 0.2) is 114 Å². The van der Waals surface area contributed by atoms with E-state index in [2.05, 4.69) is 5.32 Å². The smallest absolute Gasteiger partial charge is 0.264 e. The van der Waals surface area contributed by atoms with Crippen LogP contribution in [0, 0.1) is 5.82 Å². The number of sulfonamides is 1. The molecule has 46 heavy (non-hydrogen) atoms. The molecule has 0 radical (unpaired) electrons. The van der Waals surface area contributed by atoms with Gasteiger partial charge in [0.1, 0.15) is 18.4 Å². The summed E-state index contributed by atoms with van der Waals surface area (Å²) >= 11 is 6.04. The van der Waals surface area contributed by atoms with E-state index in [-0.39, 0.29) is 41.1 Å². The Bertz CT molecular complexity index is 1720. The summed E-state index contributed by atoms with van der Waals surface area (Å²) in [4.78, 5) is 29.9. The Morgan fingerprint density at radius 3 is 2.09 bits per heavy atom. The van der Waals surface area contributed by atoms with E-state index in [4.69, 9.17) is 11.6 Å². The molecule has 1 saturated carbocycles. The van der Waals surface area contributed by atoms with Gasteiger partial charge in [-0.15, -0.1) is 0 Å². The topological polar surface area (TPSA) is 86.8 Å². The quantitative estimate of drug-likeness (QED) is 0.182. The maximum absolute atomic E-state index is 15.1. The fourth-order valence-electron chi connectivity index (χ4n) is 5.77. The molecule has 10 heteroatoms. The molecule has 7 nitrogen and oxygen atoms in total. The third kappa shape index (κ3) is 8.33. The van der Waals surface area contributed by atoms with Gasteiger partial charge in [0.15, 0.2) is 0 Å². The van der Waals surface area contributed by atoms with E-state index in [0.717, 1.165) is 42.0 Å². The minimum Gasteiger partial charge on any atom is -0.352 e. The fraction of sp³-hybridized carbons (Fsp3) is 0.278. The average molecular weight is 662 g/mol. The second-order valence-corrected chi connectivity index (χ2v) is 13.8. The summed E-state index contributed by atoms with van der Waals surface area (Å²) in [6, 6.07) is 28.3. The molecule has 4 aromatic carbocycles. The second kappa shape index (κ2) is 15.4.